The zero-order valence-corrected chi connectivity index (χ0v) is 18.1. The molecule has 1 aromatic carbocycles. The topological polar surface area (TPSA) is 95.0 Å². The number of anilines is 2. The Labute approximate surface area is 184 Å². The summed E-state index contributed by atoms with van der Waals surface area (Å²) in [6.45, 7) is 3.97. The van der Waals surface area contributed by atoms with Crippen LogP contribution >= 0.6 is 23.2 Å². The highest BCUT2D eigenvalue weighted by Gasteiger charge is 2.24. The Balaban J connectivity index is 1.70. The van der Waals surface area contributed by atoms with Crippen LogP contribution in [0, 0.1) is 0 Å². The first-order valence-corrected chi connectivity index (χ1v) is 10.2. The van der Waals surface area contributed by atoms with E-state index in [1.807, 2.05) is 12.1 Å². The minimum atomic E-state index is -1.11. The number of hydrogen-bond acceptors (Lipinski definition) is 5. The number of carbonyl (C=O) groups excluding carboxylic acids is 1. The molecule has 0 bridgehead atoms. The van der Waals surface area contributed by atoms with Crippen LogP contribution in [0.4, 0.5) is 16.2 Å². The lowest BCUT2D eigenvalue weighted by molar-refractivity contribution is 0.0695. The van der Waals surface area contributed by atoms with Crippen molar-refractivity contribution in [1.29, 1.82) is 0 Å². The van der Waals surface area contributed by atoms with Gasteiger partial charge in [-0.2, -0.15) is 0 Å². The number of hydrogen-bond donors (Lipinski definition) is 2. The average Bonchev–Trinajstić information content (AvgIpc) is 2.72. The van der Waals surface area contributed by atoms with E-state index >= 15 is 0 Å². The fourth-order valence-electron chi connectivity index (χ4n) is 3.32. The Kier molecular flexibility index (Phi) is 6.89. The van der Waals surface area contributed by atoms with Gasteiger partial charge in [0.15, 0.2) is 0 Å². The van der Waals surface area contributed by atoms with Crippen LogP contribution in [0.5, 0.6) is 5.88 Å². The number of halogens is 2. The van der Waals surface area contributed by atoms with Crippen LogP contribution in [-0.4, -0.2) is 60.3 Å². The summed E-state index contributed by atoms with van der Waals surface area (Å²) in [5, 5.41) is 13.3. The number of carboxylic acid groups (broad SMARTS) is 1. The quantitative estimate of drug-likeness (QED) is 0.711. The molecule has 1 saturated heterocycles. The van der Waals surface area contributed by atoms with Crippen LogP contribution in [0.15, 0.2) is 24.3 Å². The zero-order chi connectivity index (χ0) is 21.8. The SMILES string of the molecule is CCc1nc(OC)c(NC(=O)N2CCN(c3cc(Cl)cc(Cl)c3)CC2)cc1C(=O)O. The van der Waals surface area contributed by atoms with Gasteiger partial charge < -0.3 is 25.0 Å². The summed E-state index contributed by atoms with van der Waals surface area (Å²) in [5.74, 6) is -0.927. The third-order valence-electron chi connectivity index (χ3n) is 4.85. The lowest BCUT2D eigenvalue weighted by atomic mass is 10.1. The minimum absolute atomic E-state index is 0.0382. The molecular weight excluding hydrogens is 431 g/mol. The molecule has 0 spiro atoms. The largest absolute Gasteiger partial charge is 0.480 e. The maximum absolute atomic E-state index is 12.7. The predicted octanol–water partition coefficient (Wildman–Crippen LogP) is 4.01. The standard InChI is InChI=1S/C20H22Cl2N4O4/c1-3-16-15(19(27)28)11-17(18(23-16)30-2)24-20(29)26-6-4-25(5-7-26)14-9-12(21)8-13(22)10-14/h8-11H,3-7H2,1-2H3,(H,24,29)(H,27,28). The molecule has 30 heavy (non-hydrogen) atoms. The van der Waals surface area contributed by atoms with Crippen molar-refractivity contribution in [2.75, 3.05) is 43.5 Å². The van der Waals surface area contributed by atoms with Crippen LogP contribution in [0.3, 0.4) is 0 Å². The molecule has 160 valence electrons. The van der Waals surface area contributed by atoms with Gasteiger partial charge in [-0.25, -0.2) is 14.6 Å². The Bertz CT molecular complexity index is 942. The number of methoxy groups -OCH3 is 1. The molecule has 1 fully saturated rings. The second-order valence-corrected chi connectivity index (χ2v) is 7.60. The van der Waals surface area contributed by atoms with Gasteiger partial charge in [0.25, 0.3) is 0 Å². The lowest BCUT2D eigenvalue weighted by Crippen LogP contribution is -2.50. The second kappa shape index (κ2) is 9.40. The summed E-state index contributed by atoms with van der Waals surface area (Å²) in [7, 11) is 1.42. The molecule has 1 aliphatic rings. The van der Waals surface area contributed by atoms with Gasteiger partial charge in [-0.3, -0.25) is 0 Å². The van der Waals surface area contributed by atoms with Crippen LogP contribution in [0.25, 0.3) is 0 Å². The molecule has 1 aliphatic heterocycles. The summed E-state index contributed by atoms with van der Waals surface area (Å²) >= 11 is 12.2. The number of nitrogens with zero attached hydrogens (tertiary/aromatic N) is 3. The molecule has 3 rings (SSSR count). The van der Waals surface area contributed by atoms with Crippen LogP contribution in [0.1, 0.15) is 23.0 Å². The van der Waals surface area contributed by atoms with Crippen molar-refractivity contribution in [3.8, 4) is 5.88 Å². The number of urea groups is 1. The summed E-state index contributed by atoms with van der Waals surface area (Å²) in [6.07, 6.45) is 0.432. The highest BCUT2D eigenvalue weighted by molar-refractivity contribution is 6.35. The maximum atomic E-state index is 12.7. The number of pyridine rings is 1. The van der Waals surface area contributed by atoms with E-state index in [0.717, 1.165) is 5.69 Å². The molecule has 2 heterocycles. The Morgan fingerprint density at radius 3 is 2.30 bits per heavy atom. The zero-order valence-electron chi connectivity index (χ0n) is 16.6. The van der Waals surface area contributed by atoms with Gasteiger partial charge in [-0.15, -0.1) is 0 Å². The second-order valence-electron chi connectivity index (χ2n) is 6.73. The van der Waals surface area contributed by atoms with E-state index < -0.39 is 5.97 Å². The average molecular weight is 453 g/mol. The van der Waals surface area contributed by atoms with E-state index in [1.165, 1.54) is 13.2 Å². The molecule has 0 radical (unpaired) electrons. The molecule has 2 aromatic rings. The van der Waals surface area contributed by atoms with Gasteiger partial charge in [-0.1, -0.05) is 30.1 Å². The third kappa shape index (κ3) is 4.88. The van der Waals surface area contributed by atoms with E-state index in [1.54, 1.807) is 17.9 Å². The summed E-state index contributed by atoms with van der Waals surface area (Å²) in [6, 6.07) is 6.38. The smallest absolute Gasteiger partial charge is 0.337 e. The number of carboxylic acids is 1. The number of ether oxygens (including phenoxy) is 1. The molecule has 2 N–H and O–H groups in total. The normalized spacial score (nSPS) is 13.9. The monoisotopic (exact) mass is 452 g/mol. The fourth-order valence-corrected chi connectivity index (χ4v) is 3.83. The number of piperazine rings is 1. The first-order valence-electron chi connectivity index (χ1n) is 9.40. The van der Waals surface area contributed by atoms with Gasteiger partial charge in [-0.05, 0) is 30.7 Å². The van der Waals surface area contributed by atoms with Crippen LogP contribution < -0.4 is 15.0 Å². The van der Waals surface area contributed by atoms with E-state index in [4.69, 9.17) is 27.9 Å². The number of aromatic carboxylic acids is 1. The van der Waals surface area contributed by atoms with Gasteiger partial charge in [0.2, 0.25) is 5.88 Å². The fraction of sp³-hybridized carbons (Fsp3) is 0.350. The van der Waals surface area contributed by atoms with E-state index in [2.05, 4.69) is 15.2 Å². The number of aromatic nitrogens is 1. The van der Waals surface area contributed by atoms with Gasteiger partial charge in [0.1, 0.15) is 5.69 Å². The number of nitrogens with one attached hydrogen (secondary N) is 1. The molecule has 0 saturated carbocycles. The van der Waals surface area contributed by atoms with Crippen molar-refractivity contribution < 1.29 is 19.4 Å². The Hall–Kier alpha value is -2.71. The molecule has 0 atom stereocenters. The van der Waals surface area contributed by atoms with E-state index in [0.29, 0.717) is 48.3 Å². The van der Waals surface area contributed by atoms with Crippen molar-refractivity contribution in [3.05, 3.63) is 45.6 Å². The van der Waals surface area contributed by atoms with Crippen LogP contribution in [0.2, 0.25) is 10.0 Å². The Morgan fingerprint density at radius 2 is 1.77 bits per heavy atom. The highest BCUT2D eigenvalue weighted by Crippen LogP contribution is 2.28. The van der Waals surface area contributed by atoms with Crippen molar-refractivity contribution in [3.63, 3.8) is 0 Å². The van der Waals surface area contributed by atoms with E-state index in [9.17, 15) is 14.7 Å². The number of amides is 2. The molecule has 2 amide bonds. The summed E-state index contributed by atoms with van der Waals surface area (Å²) in [4.78, 5) is 32.2. The van der Waals surface area contributed by atoms with Gasteiger partial charge >= 0.3 is 12.0 Å². The first kappa shape index (κ1) is 22.0. The molecular formula is C20H22Cl2N4O4. The van der Waals surface area contributed by atoms with E-state index in [-0.39, 0.29) is 23.2 Å². The van der Waals surface area contributed by atoms with Crippen molar-refractivity contribution in [2.45, 2.75) is 13.3 Å². The maximum Gasteiger partial charge on any atom is 0.337 e. The number of carbonyl (C=O) groups is 2. The van der Waals surface area contributed by atoms with Gasteiger partial charge in [0.05, 0.1) is 18.4 Å². The van der Waals surface area contributed by atoms with Crippen molar-refractivity contribution in [2.24, 2.45) is 0 Å². The first-order chi connectivity index (χ1) is 14.3. The lowest BCUT2D eigenvalue weighted by Gasteiger charge is -2.36. The summed E-state index contributed by atoms with van der Waals surface area (Å²) < 4.78 is 5.24. The number of benzene rings is 1. The van der Waals surface area contributed by atoms with Gasteiger partial charge in [0, 0.05) is 41.9 Å². The molecule has 8 nitrogen and oxygen atoms in total. The highest BCUT2D eigenvalue weighted by atomic mass is 35.5. The minimum Gasteiger partial charge on any atom is -0.480 e. The third-order valence-corrected chi connectivity index (χ3v) is 5.28. The van der Waals surface area contributed by atoms with Crippen LogP contribution in [-0.2, 0) is 6.42 Å². The number of aryl methyl sites for hydroxylation is 1. The molecule has 1 aromatic heterocycles. The molecule has 10 heteroatoms. The molecule has 0 unspecified atom stereocenters. The molecule has 0 aliphatic carbocycles. The number of rotatable bonds is 5. The Morgan fingerprint density at radius 1 is 1.13 bits per heavy atom. The van der Waals surface area contributed by atoms with Crippen molar-refractivity contribution in [1.82, 2.24) is 9.88 Å². The summed E-state index contributed by atoms with van der Waals surface area (Å²) in [5.41, 5.74) is 1.56. The predicted molar refractivity (Wildman–Crippen MR) is 116 cm³/mol. The van der Waals surface area contributed by atoms with Crippen molar-refractivity contribution >= 4 is 46.6 Å².